The van der Waals surface area contributed by atoms with Crippen molar-refractivity contribution in [2.24, 2.45) is 0 Å². The number of nitrogen functional groups attached to an aromatic ring is 1. The Kier molecular flexibility index (Phi) is 2.59. The first kappa shape index (κ1) is 10.9. The number of thiazole rings is 1. The van der Waals surface area contributed by atoms with Crippen molar-refractivity contribution in [3.8, 4) is 10.6 Å². The minimum atomic E-state index is -1.48. The van der Waals surface area contributed by atoms with Gasteiger partial charge in [-0.3, -0.25) is 0 Å². The highest BCUT2D eigenvalue weighted by Gasteiger charge is 2.14. The molecular formula is C10H7F3N2S. The second-order valence-corrected chi connectivity index (χ2v) is 4.42. The normalized spacial score (nSPS) is 10.8. The van der Waals surface area contributed by atoms with Crippen LogP contribution in [0.25, 0.3) is 10.6 Å². The highest BCUT2D eigenvalue weighted by atomic mass is 32.1. The van der Waals surface area contributed by atoms with Gasteiger partial charge in [0.2, 0.25) is 0 Å². The van der Waals surface area contributed by atoms with E-state index in [1.54, 1.807) is 6.92 Å². The SMILES string of the molecule is Cc1sc(-c2cc(F)c(F)c(F)c2)nc1N. The maximum atomic E-state index is 13.0. The number of aryl methyl sites for hydroxylation is 1. The van der Waals surface area contributed by atoms with Gasteiger partial charge in [0.25, 0.3) is 0 Å². The van der Waals surface area contributed by atoms with Crippen molar-refractivity contribution >= 4 is 17.2 Å². The Morgan fingerprint density at radius 1 is 1.19 bits per heavy atom. The van der Waals surface area contributed by atoms with Crippen LogP contribution in [-0.2, 0) is 0 Å². The summed E-state index contributed by atoms with van der Waals surface area (Å²) in [7, 11) is 0. The molecule has 2 rings (SSSR count). The predicted molar refractivity (Wildman–Crippen MR) is 56.6 cm³/mol. The molecule has 84 valence electrons. The molecule has 0 bridgehead atoms. The molecular weight excluding hydrogens is 237 g/mol. The summed E-state index contributed by atoms with van der Waals surface area (Å²) in [5, 5.41) is 0.368. The van der Waals surface area contributed by atoms with Gasteiger partial charge in [-0.15, -0.1) is 11.3 Å². The van der Waals surface area contributed by atoms with Crippen molar-refractivity contribution < 1.29 is 13.2 Å². The van der Waals surface area contributed by atoms with Crippen molar-refractivity contribution in [1.82, 2.24) is 4.98 Å². The molecule has 0 aliphatic carbocycles. The molecule has 0 radical (unpaired) electrons. The van der Waals surface area contributed by atoms with E-state index >= 15 is 0 Å². The van der Waals surface area contributed by atoms with Crippen LogP contribution in [0.4, 0.5) is 19.0 Å². The highest BCUT2D eigenvalue weighted by Crippen LogP contribution is 2.30. The van der Waals surface area contributed by atoms with Crippen LogP contribution in [0.3, 0.4) is 0 Å². The number of hydrogen-bond acceptors (Lipinski definition) is 3. The first-order valence-corrected chi connectivity index (χ1v) is 5.18. The van der Waals surface area contributed by atoms with Crippen LogP contribution in [0.15, 0.2) is 12.1 Å². The van der Waals surface area contributed by atoms with Crippen LogP contribution in [0.2, 0.25) is 0 Å². The molecule has 1 heterocycles. The van der Waals surface area contributed by atoms with E-state index in [0.717, 1.165) is 17.0 Å². The van der Waals surface area contributed by atoms with Crippen LogP contribution in [0, 0.1) is 24.4 Å². The molecule has 0 saturated heterocycles. The summed E-state index contributed by atoms with van der Waals surface area (Å²) in [6.45, 7) is 1.74. The molecule has 1 aromatic heterocycles. The van der Waals surface area contributed by atoms with E-state index in [0.29, 0.717) is 10.8 Å². The van der Waals surface area contributed by atoms with Gasteiger partial charge in [-0.1, -0.05) is 0 Å². The summed E-state index contributed by atoms with van der Waals surface area (Å²) in [5.74, 6) is -3.64. The smallest absolute Gasteiger partial charge is 0.194 e. The first-order chi connectivity index (χ1) is 7.49. The maximum Gasteiger partial charge on any atom is 0.194 e. The highest BCUT2D eigenvalue weighted by molar-refractivity contribution is 7.15. The maximum absolute atomic E-state index is 13.0. The van der Waals surface area contributed by atoms with E-state index < -0.39 is 17.5 Å². The van der Waals surface area contributed by atoms with Crippen LogP contribution in [0.1, 0.15) is 4.88 Å². The summed E-state index contributed by atoms with van der Waals surface area (Å²) in [5.41, 5.74) is 5.70. The van der Waals surface area contributed by atoms with Crippen LogP contribution in [0.5, 0.6) is 0 Å². The summed E-state index contributed by atoms with van der Waals surface area (Å²) in [4.78, 5) is 4.68. The Morgan fingerprint density at radius 2 is 1.75 bits per heavy atom. The summed E-state index contributed by atoms with van der Waals surface area (Å²) in [6, 6.07) is 1.80. The molecule has 2 aromatic rings. The van der Waals surface area contributed by atoms with Gasteiger partial charge in [0.15, 0.2) is 17.5 Å². The van der Waals surface area contributed by atoms with Gasteiger partial charge in [-0.2, -0.15) is 0 Å². The molecule has 16 heavy (non-hydrogen) atoms. The zero-order valence-electron chi connectivity index (χ0n) is 8.22. The van der Waals surface area contributed by atoms with Crippen molar-refractivity contribution in [3.05, 3.63) is 34.5 Å². The fourth-order valence-electron chi connectivity index (χ4n) is 1.21. The molecule has 2 N–H and O–H groups in total. The topological polar surface area (TPSA) is 38.9 Å². The summed E-state index contributed by atoms with van der Waals surface area (Å²) in [6.07, 6.45) is 0. The fraction of sp³-hybridized carbons (Fsp3) is 0.100. The number of rotatable bonds is 1. The Bertz CT molecular complexity index is 508. The van der Waals surface area contributed by atoms with Crippen molar-refractivity contribution in [3.63, 3.8) is 0 Å². The number of anilines is 1. The largest absolute Gasteiger partial charge is 0.383 e. The van der Waals surface area contributed by atoms with Crippen LogP contribution >= 0.6 is 11.3 Å². The molecule has 0 amide bonds. The van der Waals surface area contributed by atoms with Gasteiger partial charge >= 0.3 is 0 Å². The number of hydrogen-bond donors (Lipinski definition) is 1. The number of nitrogens with zero attached hydrogens (tertiary/aromatic N) is 1. The summed E-state index contributed by atoms with van der Waals surface area (Å²) < 4.78 is 38.6. The van der Waals surface area contributed by atoms with E-state index in [1.165, 1.54) is 11.3 Å². The number of benzene rings is 1. The Balaban J connectivity index is 2.56. The van der Waals surface area contributed by atoms with Gasteiger partial charge in [0.1, 0.15) is 10.8 Å². The van der Waals surface area contributed by atoms with E-state index in [1.807, 2.05) is 0 Å². The molecule has 0 spiro atoms. The van der Waals surface area contributed by atoms with Gasteiger partial charge < -0.3 is 5.73 Å². The number of halogens is 3. The monoisotopic (exact) mass is 244 g/mol. The second kappa shape index (κ2) is 3.79. The Labute approximate surface area is 93.5 Å². The molecule has 0 fully saturated rings. The van der Waals surface area contributed by atoms with E-state index in [2.05, 4.69) is 4.98 Å². The van der Waals surface area contributed by atoms with Crippen LogP contribution in [-0.4, -0.2) is 4.98 Å². The third kappa shape index (κ3) is 1.76. The molecule has 0 aliphatic heterocycles. The van der Waals surface area contributed by atoms with Gasteiger partial charge in [-0.25, -0.2) is 18.2 Å². The predicted octanol–water partition coefficient (Wildman–Crippen LogP) is 3.12. The zero-order chi connectivity index (χ0) is 11.9. The minimum Gasteiger partial charge on any atom is -0.383 e. The third-order valence-electron chi connectivity index (χ3n) is 2.06. The lowest BCUT2D eigenvalue weighted by Crippen LogP contribution is -1.92. The first-order valence-electron chi connectivity index (χ1n) is 4.37. The van der Waals surface area contributed by atoms with Gasteiger partial charge in [-0.05, 0) is 19.1 Å². The zero-order valence-corrected chi connectivity index (χ0v) is 9.04. The van der Waals surface area contributed by atoms with Gasteiger partial charge in [0, 0.05) is 10.4 Å². The lowest BCUT2D eigenvalue weighted by Gasteiger charge is -1.99. The van der Waals surface area contributed by atoms with Gasteiger partial charge in [0.05, 0.1) is 0 Å². The lowest BCUT2D eigenvalue weighted by molar-refractivity contribution is 0.447. The van der Waals surface area contributed by atoms with Crippen molar-refractivity contribution in [1.29, 1.82) is 0 Å². The second-order valence-electron chi connectivity index (χ2n) is 3.21. The van der Waals surface area contributed by atoms with Crippen molar-refractivity contribution in [2.75, 3.05) is 5.73 Å². The van der Waals surface area contributed by atoms with E-state index in [4.69, 9.17) is 5.73 Å². The summed E-state index contributed by atoms with van der Waals surface area (Å²) >= 11 is 1.20. The lowest BCUT2D eigenvalue weighted by atomic mass is 10.2. The quantitative estimate of drug-likeness (QED) is 0.783. The average molecular weight is 244 g/mol. The number of nitrogens with two attached hydrogens (primary N) is 1. The fourth-order valence-corrected chi connectivity index (χ4v) is 2.03. The molecule has 0 atom stereocenters. The minimum absolute atomic E-state index is 0.182. The van der Waals surface area contributed by atoms with E-state index in [-0.39, 0.29) is 5.56 Å². The molecule has 0 aliphatic rings. The molecule has 6 heteroatoms. The molecule has 2 nitrogen and oxygen atoms in total. The third-order valence-corrected chi connectivity index (χ3v) is 3.10. The molecule has 1 aromatic carbocycles. The van der Waals surface area contributed by atoms with Crippen LogP contribution < -0.4 is 5.73 Å². The molecule has 0 saturated carbocycles. The van der Waals surface area contributed by atoms with E-state index in [9.17, 15) is 13.2 Å². The number of aromatic nitrogens is 1. The Morgan fingerprint density at radius 3 is 2.19 bits per heavy atom. The van der Waals surface area contributed by atoms with Crippen molar-refractivity contribution in [2.45, 2.75) is 6.92 Å². The molecule has 0 unspecified atom stereocenters. The Hall–Kier alpha value is -1.56. The average Bonchev–Trinajstić information content (AvgIpc) is 2.55. The standard InChI is InChI=1S/C10H7F3N2S/c1-4-9(14)15-10(16-4)5-2-6(11)8(13)7(12)3-5/h2-3H,14H2,1H3.